The minimum absolute atomic E-state index is 0.0373. The summed E-state index contributed by atoms with van der Waals surface area (Å²) in [6.07, 6.45) is 0.451. The van der Waals surface area contributed by atoms with Crippen LogP contribution in [-0.2, 0) is 20.7 Å². The number of rotatable bonds is 4. The summed E-state index contributed by atoms with van der Waals surface area (Å²) < 4.78 is 10.6. The van der Waals surface area contributed by atoms with Crippen LogP contribution >= 0.6 is 0 Å². The highest BCUT2D eigenvalue weighted by atomic mass is 16.5. The summed E-state index contributed by atoms with van der Waals surface area (Å²) >= 11 is 0. The molecule has 0 saturated carbocycles. The monoisotopic (exact) mass is 263 g/mol. The van der Waals surface area contributed by atoms with Crippen molar-refractivity contribution in [1.82, 2.24) is 4.90 Å². The van der Waals surface area contributed by atoms with E-state index in [9.17, 15) is 4.79 Å². The van der Waals surface area contributed by atoms with Crippen LogP contribution in [0.25, 0.3) is 0 Å². The van der Waals surface area contributed by atoms with E-state index in [1.807, 2.05) is 36.1 Å². The molecule has 1 aromatic carbocycles. The lowest BCUT2D eigenvalue weighted by molar-refractivity contribution is -0.141. The minimum atomic E-state index is 0.0373. The Kier molecular flexibility index (Phi) is 4.93. The summed E-state index contributed by atoms with van der Waals surface area (Å²) in [5.41, 5.74) is 2.25. The zero-order valence-electron chi connectivity index (χ0n) is 11.6. The minimum Gasteiger partial charge on any atom is -0.382 e. The SMILES string of the molecule is COCC1COCCN1C(=O)Cc1ccccc1C. The highest BCUT2D eigenvalue weighted by Crippen LogP contribution is 2.13. The van der Waals surface area contributed by atoms with Crippen molar-refractivity contribution in [2.24, 2.45) is 0 Å². The van der Waals surface area contributed by atoms with Gasteiger partial charge >= 0.3 is 0 Å². The van der Waals surface area contributed by atoms with Crippen LogP contribution in [0.15, 0.2) is 24.3 Å². The van der Waals surface area contributed by atoms with Crippen molar-refractivity contribution in [3.05, 3.63) is 35.4 Å². The van der Waals surface area contributed by atoms with E-state index < -0.39 is 0 Å². The fourth-order valence-electron chi connectivity index (χ4n) is 2.39. The second kappa shape index (κ2) is 6.68. The largest absolute Gasteiger partial charge is 0.382 e. The smallest absolute Gasteiger partial charge is 0.227 e. The fraction of sp³-hybridized carbons (Fsp3) is 0.533. The molecule has 0 aliphatic carbocycles. The number of ether oxygens (including phenoxy) is 2. The molecule has 0 aromatic heterocycles. The van der Waals surface area contributed by atoms with Crippen molar-refractivity contribution >= 4 is 5.91 Å². The quantitative estimate of drug-likeness (QED) is 0.824. The van der Waals surface area contributed by atoms with Crippen LogP contribution in [0.3, 0.4) is 0 Å². The number of carbonyl (C=O) groups is 1. The molecule has 1 aliphatic rings. The van der Waals surface area contributed by atoms with Gasteiger partial charge in [0.2, 0.25) is 5.91 Å². The third-order valence-corrected chi connectivity index (χ3v) is 3.51. The number of morpholine rings is 1. The number of hydrogen-bond donors (Lipinski definition) is 0. The lowest BCUT2D eigenvalue weighted by Crippen LogP contribution is -2.51. The van der Waals surface area contributed by atoms with Gasteiger partial charge in [-0.15, -0.1) is 0 Å². The summed E-state index contributed by atoms with van der Waals surface area (Å²) in [6, 6.07) is 8.05. The molecular formula is C15H21NO3. The average molecular weight is 263 g/mol. The molecule has 4 nitrogen and oxygen atoms in total. The lowest BCUT2D eigenvalue weighted by Gasteiger charge is -2.35. The van der Waals surface area contributed by atoms with Gasteiger partial charge in [0.1, 0.15) is 0 Å². The first-order chi connectivity index (χ1) is 9.22. The molecule has 104 valence electrons. The number of methoxy groups -OCH3 is 1. The normalized spacial score (nSPS) is 19.5. The van der Waals surface area contributed by atoms with Gasteiger partial charge in [-0.25, -0.2) is 0 Å². The van der Waals surface area contributed by atoms with Crippen LogP contribution in [-0.4, -0.2) is 50.3 Å². The molecule has 1 aromatic rings. The van der Waals surface area contributed by atoms with E-state index in [1.165, 1.54) is 0 Å². The molecule has 1 saturated heterocycles. The molecule has 1 aliphatic heterocycles. The Bertz CT molecular complexity index is 431. The molecule has 1 amide bonds. The Morgan fingerprint density at radius 3 is 3.00 bits per heavy atom. The molecular weight excluding hydrogens is 242 g/mol. The molecule has 2 rings (SSSR count). The van der Waals surface area contributed by atoms with Crippen molar-refractivity contribution in [2.75, 3.05) is 33.5 Å². The number of aryl methyl sites for hydroxylation is 1. The van der Waals surface area contributed by atoms with Gasteiger partial charge in [-0.2, -0.15) is 0 Å². The first-order valence-electron chi connectivity index (χ1n) is 6.63. The van der Waals surface area contributed by atoms with Crippen LogP contribution < -0.4 is 0 Å². The molecule has 0 radical (unpaired) electrons. The van der Waals surface area contributed by atoms with Gasteiger partial charge in [0.25, 0.3) is 0 Å². The Hall–Kier alpha value is -1.39. The maximum atomic E-state index is 12.4. The second-order valence-corrected chi connectivity index (χ2v) is 4.87. The Balaban J connectivity index is 2.03. The molecule has 1 fully saturated rings. The third-order valence-electron chi connectivity index (χ3n) is 3.51. The van der Waals surface area contributed by atoms with Crippen molar-refractivity contribution in [2.45, 2.75) is 19.4 Å². The van der Waals surface area contributed by atoms with E-state index >= 15 is 0 Å². The van der Waals surface area contributed by atoms with Crippen LogP contribution in [0.1, 0.15) is 11.1 Å². The second-order valence-electron chi connectivity index (χ2n) is 4.87. The number of benzene rings is 1. The Morgan fingerprint density at radius 2 is 2.26 bits per heavy atom. The van der Waals surface area contributed by atoms with Crippen molar-refractivity contribution in [3.8, 4) is 0 Å². The van der Waals surface area contributed by atoms with E-state index in [0.29, 0.717) is 32.8 Å². The zero-order valence-corrected chi connectivity index (χ0v) is 11.6. The summed E-state index contributed by atoms with van der Waals surface area (Å²) in [5.74, 6) is 0.152. The summed E-state index contributed by atoms with van der Waals surface area (Å²) in [4.78, 5) is 14.3. The maximum absolute atomic E-state index is 12.4. The molecule has 1 unspecified atom stereocenters. The van der Waals surface area contributed by atoms with Crippen molar-refractivity contribution in [3.63, 3.8) is 0 Å². The van der Waals surface area contributed by atoms with E-state index in [2.05, 4.69) is 0 Å². The van der Waals surface area contributed by atoms with Crippen LogP contribution in [0.2, 0.25) is 0 Å². The van der Waals surface area contributed by atoms with Gasteiger partial charge in [0, 0.05) is 13.7 Å². The van der Waals surface area contributed by atoms with Gasteiger partial charge < -0.3 is 14.4 Å². The van der Waals surface area contributed by atoms with Crippen molar-refractivity contribution in [1.29, 1.82) is 0 Å². The Morgan fingerprint density at radius 1 is 1.47 bits per heavy atom. The first kappa shape index (κ1) is 14.0. The summed E-state index contributed by atoms with van der Waals surface area (Å²) in [7, 11) is 1.65. The van der Waals surface area contributed by atoms with Crippen LogP contribution in [0.4, 0.5) is 0 Å². The number of nitrogens with zero attached hydrogens (tertiary/aromatic N) is 1. The summed E-state index contributed by atoms with van der Waals surface area (Å²) in [6.45, 7) is 4.39. The third kappa shape index (κ3) is 3.55. The topological polar surface area (TPSA) is 38.8 Å². The zero-order chi connectivity index (χ0) is 13.7. The molecule has 0 bridgehead atoms. The predicted octanol–water partition coefficient (Wildman–Crippen LogP) is 1.41. The number of hydrogen-bond acceptors (Lipinski definition) is 3. The van der Waals surface area contributed by atoms with Crippen molar-refractivity contribution < 1.29 is 14.3 Å². The van der Waals surface area contributed by atoms with E-state index in [-0.39, 0.29) is 11.9 Å². The molecule has 19 heavy (non-hydrogen) atoms. The maximum Gasteiger partial charge on any atom is 0.227 e. The predicted molar refractivity (Wildman–Crippen MR) is 73.1 cm³/mol. The van der Waals surface area contributed by atoms with Crippen LogP contribution in [0.5, 0.6) is 0 Å². The van der Waals surface area contributed by atoms with E-state index in [4.69, 9.17) is 9.47 Å². The number of amides is 1. The Labute approximate surface area is 114 Å². The van der Waals surface area contributed by atoms with Gasteiger partial charge in [0.05, 0.1) is 32.3 Å². The highest BCUT2D eigenvalue weighted by Gasteiger charge is 2.27. The first-order valence-corrected chi connectivity index (χ1v) is 6.63. The standard InChI is InChI=1S/C15H21NO3/c1-12-5-3-4-6-13(12)9-15(17)16-7-8-19-11-14(16)10-18-2/h3-6,14H,7-11H2,1-2H3. The number of carbonyl (C=O) groups excluding carboxylic acids is 1. The fourth-order valence-corrected chi connectivity index (χ4v) is 2.39. The molecule has 1 heterocycles. The highest BCUT2D eigenvalue weighted by molar-refractivity contribution is 5.79. The lowest BCUT2D eigenvalue weighted by atomic mass is 10.0. The molecule has 1 atom stereocenters. The summed E-state index contributed by atoms with van der Waals surface area (Å²) in [5, 5.41) is 0. The van der Waals surface area contributed by atoms with Gasteiger partial charge in [0.15, 0.2) is 0 Å². The molecule has 0 spiro atoms. The van der Waals surface area contributed by atoms with E-state index in [1.54, 1.807) is 7.11 Å². The van der Waals surface area contributed by atoms with Crippen LogP contribution in [0, 0.1) is 6.92 Å². The molecule has 0 N–H and O–H groups in total. The molecule has 4 heteroatoms. The van der Waals surface area contributed by atoms with E-state index in [0.717, 1.165) is 11.1 Å². The van der Waals surface area contributed by atoms with Gasteiger partial charge in [-0.3, -0.25) is 4.79 Å². The van der Waals surface area contributed by atoms with Gasteiger partial charge in [-0.1, -0.05) is 24.3 Å². The van der Waals surface area contributed by atoms with Gasteiger partial charge in [-0.05, 0) is 18.1 Å². The average Bonchev–Trinajstić information content (AvgIpc) is 2.42.